The third-order valence-electron chi connectivity index (χ3n) is 2.45. The zero-order valence-electron chi connectivity index (χ0n) is 11.3. The zero-order chi connectivity index (χ0) is 12.8. The summed E-state index contributed by atoms with van der Waals surface area (Å²) < 4.78 is 5.03. The number of hydrogen-bond acceptors (Lipinski definition) is 2. The molecule has 0 N–H and O–H groups in total. The van der Waals surface area contributed by atoms with Crippen LogP contribution in [0.4, 0.5) is 0 Å². The summed E-state index contributed by atoms with van der Waals surface area (Å²) in [5.74, 6) is -0.237. The SMILES string of the molecule is CCCCCC=CC=CC(=O)OCCCCC. The molecule has 0 aromatic carbocycles. The minimum absolute atomic E-state index is 0.237. The highest BCUT2D eigenvalue weighted by atomic mass is 16.5. The molecule has 0 aliphatic rings. The first-order valence-corrected chi connectivity index (χ1v) is 6.81. The van der Waals surface area contributed by atoms with E-state index in [-0.39, 0.29) is 5.97 Å². The van der Waals surface area contributed by atoms with E-state index in [1.807, 2.05) is 6.08 Å². The smallest absolute Gasteiger partial charge is 0.330 e. The summed E-state index contributed by atoms with van der Waals surface area (Å²) in [5, 5.41) is 0. The van der Waals surface area contributed by atoms with E-state index in [0.717, 1.165) is 25.7 Å². The quantitative estimate of drug-likeness (QED) is 0.244. The molecule has 0 unspecified atom stereocenters. The largest absolute Gasteiger partial charge is 0.463 e. The Morgan fingerprint density at radius 3 is 2.41 bits per heavy atom. The fourth-order valence-electron chi connectivity index (χ4n) is 1.39. The van der Waals surface area contributed by atoms with Gasteiger partial charge in [0.15, 0.2) is 0 Å². The van der Waals surface area contributed by atoms with Crippen molar-refractivity contribution in [1.82, 2.24) is 0 Å². The topological polar surface area (TPSA) is 26.3 Å². The molecule has 0 fully saturated rings. The summed E-state index contributed by atoms with van der Waals surface area (Å²) >= 11 is 0. The molecule has 0 bridgehead atoms. The van der Waals surface area contributed by atoms with Gasteiger partial charge >= 0.3 is 5.97 Å². The highest BCUT2D eigenvalue weighted by Gasteiger charge is 1.94. The average Bonchev–Trinajstić information content (AvgIpc) is 2.33. The second kappa shape index (κ2) is 13.0. The van der Waals surface area contributed by atoms with Crippen LogP contribution < -0.4 is 0 Å². The summed E-state index contributed by atoms with van der Waals surface area (Å²) in [7, 11) is 0. The summed E-state index contributed by atoms with van der Waals surface area (Å²) in [5.41, 5.74) is 0. The Labute approximate surface area is 106 Å². The van der Waals surface area contributed by atoms with Gasteiger partial charge in [0, 0.05) is 6.08 Å². The number of unbranched alkanes of at least 4 members (excludes halogenated alkanes) is 5. The van der Waals surface area contributed by atoms with Gasteiger partial charge in [-0.25, -0.2) is 4.79 Å². The van der Waals surface area contributed by atoms with Crippen LogP contribution in [-0.2, 0) is 9.53 Å². The second-order valence-electron chi connectivity index (χ2n) is 4.16. The summed E-state index contributed by atoms with van der Waals surface area (Å²) in [6, 6.07) is 0. The Morgan fingerprint density at radius 2 is 1.71 bits per heavy atom. The Bertz CT molecular complexity index is 229. The van der Waals surface area contributed by atoms with Crippen molar-refractivity contribution in [2.75, 3.05) is 6.61 Å². The van der Waals surface area contributed by atoms with Crippen LogP contribution in [-0.4, -0.2) is 12.6 Å². The van der Waals surface area contributed by atoms with Gasteiger partial charge in [-0.3, -0.25) is 0 Å². The molecule has 0 atom stereocenters. The molecule has 0 spiro atoms. The second-order valence-corrected chi connectivity index (χ2v) is 4.16. The zero-order valence-corrected chi connectivity index (χ0v) is 11.3. The van der Waals surface area contributed by atoms with Gasteiger partial charge in [0.1, 0.15) is 0 Å². The maximum absolute atomic E-state index is 11.2. The predicted octanol–water partition coefficient (Wildman–Crippen LogP) is 4.41. The molecule has 98 valence electrons. The van der Waals surface area contributed by atoms with Crippen LogP contribution in [0, 0.1) is 0 Å². The lowest BCUT2D eigenvalue weighted by atomic mass is 10.2. The number of carbonyl (C=O) groups is 1. The fourth-order valence-corrected chi connectivity index (χ4v) is 1.39. The van der Waals surface area contributed by atoms with Crippen LogP contribution in [0.2, 0.25) is 0 Å². The molecular weight excluding hydrogens is 212 g/mol. The lowest BCUT2D eigenvalue weighted by molar-refractivity contribution is -0.137. The molecule has 0 aromatic rings. The molecule has 0 aliphatic carbocycles. The van der Waals surface area contributed by atoms with Crippen molar-refractivity contribution < 1.29 is 9.53 Å². The molecule has 2 heteroatoms. The first-order chi connectivity index (χ1) is 8.31. The molecule has 0 saturated carbocycles. The Kier molecular flexibility index (Phi) is 12.2. The fraction of sp³-hybridized carbons (Fsp3) is 0.667. The maximum atomic E-state index is 11.2. The van der Waals surface area contributed by atoms with Crippen molar-refractivity contribution in [3.8, 4) is 0 Å². The van der Waals surface area contributed by atoms with E-state index in [0.29, 0.717) is 6.61 Å². The van der Waals surface area contributed by atoms with E-state index in [4.69, 9.17) is 4.74 Å². The maximum Gasteiger partial charge on any atom is 0.330 e. The molecule has 17 heavy (non-hydrogen) atoms. The van der Waals surface area contributed by atoms with Crippen molar-refractivity contribution in [2.24, 2.45) is 0 Å². The van der Waals surface area contributed by atoms with E-state index in [1.54, 1.807) is 6.08 Å². The van der Waals surface area contributed by atoms with E-state index in [2.05, 4.69) is 19.9 Å². The molecule has 0 radical (unpaired) electrons. The van der Waals surface area contributed by atoms with Gasteiger partial charge < -0.3 is 4.74 Å². The number of hydrogen-bond donors (Lipinski definition) is 0. The molecule has 0 rings (SSSR count). The van der Waals surface area contributed by atoms with Crippen LogP contribution in [0.15, 0.2) is 24.3 Å². The predicted molar refractivity (Wildman–Crippen MR) is 72.9 cm³/mol. The van der Waals surface area contributed by atoms with Gasteiger partial charge in [0.25, 0.3) is 0 Å². The van der Waals surface area contributed by atoms with E-state index in [9.17, 15) is 4.79 Å². The van der Waals surface area contributed by atoms with Gasteiger partial charge in [-0.15, -0.1) is 0 Å². The van der Waals surface area contributed by atoms with Crippen molar-refractivity contribution >= 4 is 5.97 Å². The van der Waals surface area contributed by atoms with Crippen molar-refractivity contribution in [2.45, 2.75) is 58.8 Å². The van der Waals surface area contributed by atoms with E-state index >= 15 is 0 Å². The number of ether oxygens (including phenoxy) is 1. The van der Waals surface area contributed by atoms with Crippen LogP contribution >= 0.6 is 0 Å². The minimum atomic E-state index is -0.237. The molecular formula is C15H26O2. The normalized spacial score (nSPS) is 11.4. The monoisotopic (exact) mass is 238 g/mol. The molecule has 0 aromatic heterocycles. The highest BCUT2D eigenvalue weighted by Crippen LogP contribution is 1.99. The molecule has 0 heterocycles. The Morgan fingerprint density at radius 1 is 1.00 bits per heavy atom. The Hall–Kier alpha value is -1.05. The van der Waals surface area contributed by atoms with Gasteiger partial charge in [-0.2, -0.15) is 0 Å². The third-order valence-corrected chi connectivity index (χ3v) is 2.45. The summed E-state index contributed by atoms with van der Waals surface area (Å²) in [4.78, 5) is 11.2. The third kappa shape index (κ3) is 12.9. The number of carbonyl (C=O) groups excluding carboxylic acids is 1. The van der Waals surface area contributed by atoms with Crippen LogP contribution in [0.25, 0.3) is 0 Å². The van der Waals surface area contributed by atoms with Gasteiger partial charge in [0.2, 0.25) is 0 Å². The average molecular weight is 238 g/mol. The van der Waals surface area contributed by atoms with Crippen LogP contribution in [0.3, 0.4) is 0 Å². The Balaban J connectivity index is 3.45. The van der Waals surface area contributed by atoms with E-state index in [1.165, 1.54) is 25.3 Å². The number of esters is 1. The number of allylic oxidation sites excluding steroid dienone is 3. The van der Waals surface area contributed by atoms with Crippen LogP contribution in [0.5, 0.6) is 0 Å². The van der Waals surface area contributed by atoms with Crippen LogP contribution in [0.1, 0.15) is 58.8 Å². The highest BCUT2D eigenvalue weighted by molar-refractivity contribution is 5.82. The van der Waals surface area contributed by atoms with Crippen molar-refractivity contribution in [3.05, 3.63) is 24.3 Å². The molecule has 0 aliphatic heterocycles. The first-order valence-electron chi connectivity index (χ1n) is 6.81. The molecule has 0 amide bonds. The molecule has 0 saturated heterocycles. The van der Waals surface area contributed by atoms with Gasteiger partial charge in [0.05, 0.1) is 6.61 Å². The number of rotatable bonds is 10. The summed E-state index contributed by atoms with van der Waals surface area (Å²) in [6.07, 6.45) is 15.3. The lowest BCUT2D eigenvalue weighted by Gasteiger charge is -1.99. The lowest BCUT2D eigenvalue weighted by Crippen LogP contribution is -2.01. The molecule has 2 nitrogen and oxygen atoms in total. The van der Waals surface area contributed by atoms with Crippen molar-refractivity contribution in [3.63, 3.8) is 0 Å². The van der Waals surface area contributed by atoms with Crippen molar-refractivity contribution in [1.29, 1.82) is 0 Å². The standard InChI is InChI=1S/C15H26O2/c1-3-5-7-8-9-10-11-13-15(16)17-14-12-6-4-2/h9-11,13H,3-8,12,14H2,1-2H3. The first kappa shape index (κ1) is 16.0. The van der Waals surface area contributed by atoms with E-state index < -0.39 is 0 Å². The minimum Gasteiger partial charge on any atom is -0.463 e. The van der Waals surface area contributed by atoms with Gasteiger partial charge in [-0.1, -0.05) is 57.8 Å². The van der Waals surface area contributed by atoms with Gasteiger partial charge in [-0.05, 0) is 19.3 Å². The summed E-state index contributed by atoms with van der Waals surface area (Å²) in [6.45, 7) is 4.86.